The van der Waals surface area contributed by atoms with Crippen LogP contribution in [0.25, 0.3) is 0 Å². The van der Waals surface area contributed by atoms with E-state index in [-0.39, 0.29) is 25.2 Å². The largest absolute Gasteiger partial charge is 0.447 e. The molecule has 0 aromatic heterocycles. The molecule has 200 valence electrons. The van der Waals surface area contributed by atoms with E-state index in [0.717, 1.165) is 27.9 Å². The molecular formula is C29H29N5O5. The molecule has 2 aliphatic heterocycles. The van der Waals surface area contributed by atoms with Crippen LogP contribution in [0.1, 0.15) is 22.3 Å². The van der Waals surface area contributed by atoms with Crippen LogP contribution in [-0.4, -0.2) is 48.5 Å². The fraction of sp³-hybridized carbons (Fsp3) is 0.241. The molecule has 1 saturated heterocycles. The van der Waals surface area contributed by atoms with Crippen LogP contribution in [0.3, 0.4) is 0 Å². The van der Waals surface area contributed by atoms with Gasteiger partial charge in [0.25, 0.3) is 0 Å². The number of hydrogen-bond donors (Lipinski definition) is 3. The first kappa shape index (κ1) is 25.8. The van der Waals surface area contributed by atoms with Gasteiger partial charge in [0.1, 0.15) is 6.61 Å². The summed E-state index contributed by atoms with van der Waals surface area (Å²) >= 11 is 0. The molecule has 0 aliphatic carbocycles. The highest BCUT2D eigenvalue weighted by Crippen LogP contribution is 2.30. The van der Waals surface area contributed by atoms with Crippen molar-refractivity contribution in [1.29, 1.82) is 0 Å². The van der Waals surface area contributed by atoms with Gasteiger partial charge in [-0.05, 0) is 65.9 Å². The topological polar surface area (TPSA) is 120 Å². The molecule has 10 heteroatoms. The van der Waals surface area contributed by atoms with Crippen LogP contribution >= 0.6 is 0 Å². The van der Waals surface area contributed by atoms with Gasteiger partial charge in [0.05, 0.1) is 12.2 Å². The lowest BCUT2D eigenvalue weighted by molar-refractivity contribution is -0.146. The first-order valence-electron chi connectivity index (χ1n) is 12.7. The van der Waals surface area contributed by atoms with Crippen LogP contribution < -0.4 is 20.9 Å². The van der Waals surface area contributed by atoms with Gasteiger partial charge in [-0.15, -0.1) is 0 Å². The number of amides is 5. The Hall–Kier alpha value is -4.86. The molecule has 2 heterocycles. The minimum atomic E-state index is -0.701. The van der Waals surface area contributed by atoms with Crippen molar-refractivity contribution < 1.29 is 23.9 Å². The molecule has 3 aromatic carbocycles. The molecule has 0 bridgehead atoms. The quantitative estimate of drug-likeness (QED) is 0.436. The summed E-state index contributed by atoms with van der Waals surface area (Å²) in [5, 5.41) is 8.24. The van der Waals surface area contributed by atoms with Crippen LogP contribution in [-0.2, 0) is 33.8 Å². The molecule has 0 spiro atoms. The highest BCUT2D eigenvalue weighted by molar-refractivity contribution is 6.35. The Morgan fingerprint density at radius 3 is 2.41 bits per heavy atom. The van der Waals surface area contributed by atoms with E-state index in [1.165, 1.54) is 4.90 Å². The van der Waals surface area contributed by atoms with E-state index in [1.54, 1.807) is 35.2 Å². The number of urea groups is 1. The number of benzene rings is 3. The zero-order valence-corrected chi connectivity index (χ0v) is 21.5. The van der Waals surface area contributed by atoms with Crippen molar-refractivity contribution in [2.24, 2.45) is 0 Å². The third-order valence-corrected chi connectivity index (χ3v) is 6.69. The number of ether oxygens (including phenoxy) is 1. The monoisotopic (exact) mass is 527 g/mol. The number of nitrogens with zero attached hydrogens (tertiary/aromatic N) is 2. The van der Waals surface area contributed by atoms with Crippen molar-refractivity contribution in [3.05, 3.63) is 89.0 Å². The molecule has 39 heavy (non-hydrogen) atoms. The van der Waals surface area contributed by atoms with E-state index in [9.17, 15) is 19.2 Å². The Bertz CT molecular complexity index is 1440. The van der Waals surface area contributed by atoms with Crippen molar-refractivity contribution >= 4 is 41.0 Å². The Morgan fingerprint density at radius 1 is 0.923 bits per heavy atom. The second-order valence-electron chi connectivity index (χ2n) is 9.49. The molecule has 0 radical (unpaired) electrons. The van der Waals surface area contributed by atoms with E-state index in [2.05, 4.69) is 16.0 Å². The lowest BCUT2D eigenvalue weighted by atomic mass is 9.97. The lowest BCUT2D eigenvalue weighted by Gasteiger charge is -2.31. The second kappa shape index (κ2) is 11.3. The average Bonchev–Trinajstić information content (AvgIpc) is 3.36. The summed E-state index contributed by atoms with van der Waals surface area (Å²) < 4.78 is 5.06. The van der Waals surface area contributed by atoms with Crippen molar-refractivity contribution in [3.63, 3.8) is 0 Å². The molecule has 0 saturated carbocycles. The molecule has 10 nitrogen and oxygen atoms in total. The second-order valence-corrected chi connectivity index (χ2v) is 9.49. The van der Waals surface area contributed by atoms with Crippen LogP contribution in [0, 0.1) is 6.92 Å². The van der Waals surface area contributed by atoms with Crippen LogP contribution in [0.4, 0.5) is 26.7 Å². The van der Waals surface area contributed by atoms with Gasteiger partial charge in [0.2, 0.25) is 0 Å². The number of anilines is 3. The third-order valence-electron chi connectivity index (χ3n) is 6.69. The molecule has 0 unspecified atom stereocenters. The number of fused-ring (bicyclic) bond motifs is 1. The number of carbonyl (C=O) groups excluding carboxylic acids is 4. The van der Waals surface area contributed by atoms with Crippen molar-refractivity contribution in [2.75, 3.05) is 35.2 Å². The van der Waals surface area contributed by atoms with Gasteiger partial charge >= 0.3 is 23.9 Å². The van der Waals surface area contributed by atoms with Crippen LogP contribution in [0.5, 0.6) is 0 Å². The zero-order valence-electron chi connectivity index (χ0n) is 21.5. The maximum absolute atomic E-state index is 12.9. The van der Waals surface area contributed by atoms with Gasteiger partial charge in [-0.25, -0.2) is 9.59 Å². The van der Waals surface area contributed by atoms with Crippen molar-refractivity contribution in [2.45, 2.75) is 26.4 Å². The normalized spacial score (nSPS) is 14.3. The first-order chi connectivity index (χ1) is 18.9. The standard InChI is InChI=1S/C29H29N5O5/c1-19-5-2-8-22(15-19)31-28(37)32-23-9-3-6-20(16-23)17-30-26(35)27(36)33-12-11-24-21(18-33)7-4-10-25(24)34-13-14-39-29(34)38/h2-10,15-16H,11-14,17-18H2,1H3,(H,30,35)(H2,31,32,37). The molecular weight excluding hydrogens is 498 g/mol. The number of rotatable bonds is 5. The predicted molar refractivity (Wildman–Crippen MR) is 146 cm³/mol. The SMILES string of the molecule is Cc1cccc(NC(=O)Nc2cccc(CNC(=O)C(=O)N3CCc4c(cccc4N4CCOC4=O)C3)c2)c1. The first-order valence-corrected chi connectivity index (χ1v) is 12.7. The average molecular weight is 528 g/mol. The van der Waals surface area contributed by atoms with Crippen molar-refractivity contribution in [1.82, 2.24) is 10.2 Å². The van der Waals surface area contributed by atoms with E-state index >= 15 is 0 Å². The molecule has 5 rings (SSSR count). The molecule has 3 aromatic rings. The molecule has 1 fully saturated rings. The number of aryl methyl sites for hydroxylation is 1. The minimum Gasteiger partial charge on any atom is -0.447 e. The number of carbonyl (C=O) groups is 4. The maximum Gasteiger partial charge on any atom is 0.414 e. The summed E-state index contributed by atoms with van der Waals surface area (Å²) in [7, 11) is 0. The fourth-order valence-electron chi connectivity index (χ4n) is 4.80. The highest BCUT2D eigenvalue weighted by Gasteiger charge is 2.31. The third kappa shape index (κ3) is 6.01. The summed E-state index contributed by atoms with van der Waals surface area (Å²) in [6.45, 7) is 3.58. The van der Waals surface area contributed by atoms with E-state index in [0.29, 0.717) is 37.5 Å². The summed E-state index contributed by atoms with van der Waals surface area (Å²) in [6.07, 6.45) is 0.166. The van der Waals surface area contributed by atoms with Crippen molar-refractivity contribution in [3.8, 4) is 0 Å². The van der Waals surface area contributed by atoms with Gasteiger partial charge in [-0.1, -0.05) is 36.4 Å². The van der Waals surface area contributed by atoms with Gasteiger partial charge in [-0.3, -0.25) is 14.5 Å². The van der Waals surface area contributed by atoms with Gasteiger partial charge < -0.3 is 25.6 Å². The highest BCUT2D eigenvalue weighted by atomic mass is 16.6. The Morgan fingerprint density at radius 2 is 1.67 bits per heavy atom. The smallest absolute Gasteiger partial charge is 0.414 e. The van der Waals surface area contributed by atoms with Gasteiger partial charge in [-0.2, -0.15) is 0 Å². The van der Waals surface area contributed by atoms with Crippen LogP contribution in [0.2, 0.25) is 0 Å². The van der Waals surface area contributed by atoms with E-state index in [4.69, 9.17) is 4.74 Å². The summed E-state index contributed by atoms with van der Waals surface area (Å²) in [4.78, 5) is 53.1. The fourth-order valence-corrected chi connectivity index (χ4v) is 4.80. The summed E-state index contributed by atoms with van der Waals surface area (Å²) in [5.41, 5.74) is 5.71. The Labute approximate surface area is 225 Å². The zero-order chi connectivity index (χ0) is 27.4. The summed E-state index contributed by atoms with van der Waals surface area (Å²) in [5.74, 6) is -1.31. The molecule has 2 aliphatic rings. The van der Waals surface area contributed by atoms with E-state index in [1.807, 2.05) is 43.3 Å². The summed E-state index contributed by atoms with van der Waals surface area (Å²) in [6, 6.07) is 19.8. The molecule has 0 atom stereocenters. The Kier molecular flexibility index (Phi) is 7.44. The molecule has 3 N–H and O–H groups in total. The minimum absolute atomic E-state index is 0.130. The molecule has 5 amide bonds. The number of hydrogen-bond acceptors (Lipinski definition) is 5. The van der Waals surface area contributed by atoms with Gasteiger partial charge in [0, 0.05) is 31.0 Å². The van der Waals surface area contributed by atoms with E-state index < -0.39 is 11.8 Å². The number of nitrogens with one attached hydrogen (secondary N) is 3. The maximum atomic E-state index is 12.9. The lowest BCUT2D eigenvalue weighted by Crippen LogP contribution is -2.45. The Balaban J connectivity index is 1.15. The number of cyclic esters (lactones) is 1. The predicted octanol–water partition coefficient (Wildman–Crippen LogP) is 3.80. The van der Waals surface area contributed by atoms with Crippen LogP contribution in [0.15, 0.2) is 66.7 Å². The van der Waals surface area contributed by atoms with Gasteiger partial charge in [0.15, 0.2) is 0 Å².